The molecule has 3 atom stereocenters. The third kappa shape index (κ3) is 42.8. The molecule has 69 heavy (non-hydrogen) atoms. The first-order chi connectivity index (χ1) is 33.9. The number of nitrogens with one attached hydrogen (secondary N) is 2. The molecule has 0 saturated carbocycles. The Hall–Kier alpha value is -2.62. The van der Waals surface area contributed by atoms with Crippen molar-refractivity contribution < 1.29 is 52.3 Å². The van der Waals surface area contributed by atoms with Crippen molar-refractivity contribution in [3.8, 4) is 0 Å². The summed E-state index contributed by atoms with van der Waals surface area (Å²) in [7, 11) is 0. The van der Waals surface area contributed by atoms with E-state index in [-0.39, 0.29) is 23.9 Å². The quantitative estimate of drug-likeness (QED) is 0.0469. The number of ether oxygens (including phenoxy) is 8. The van der Waals surface area contributed by atoms with Crippen LogP contribution in [0.15, 0.2) is 12.5 Å². The standard InChI is InChI=1S/C55H103N3O11/c1-5-9-13-21-29-49(27-11-7-3)44-68-53(59)31-23-17-15-19-25-34-65-46-51(47-66-42-41-64-40-39-63-38-37-62-36-33-57-55(61)52-43-56-48-58-52)67-35-26-20-16-18-24-32-54(60)69-45-50(28-12-8-4)30-22-14-10-6-2/h43,48-51H,5-42,44-47H2,1-4H3,(H,56,58)(H,57,61). The Morgan fingerprint density at radius 1 is 0.478 bits per heavy atom. The van der Waals surface area contributed by atoms with Crippen LogP contribution in [0.25, 0.3) is 0 Å². The second kappa shape index (κ2) is 50.3. The average Bonchev–Trinajstić information content (AvgIpc) is 3.91. The molecule has 0 aliphatic heterocycles. The minimum Gasteiger partial charge on any atom is -0.465 e. The van der Waals surface area contributed by atoms with Crippen molar-refractivity contribution in [2.45, 2.75) is 214 Å². The number of unbranched alkanes of at least 4 members (excludes halogenated alkanes) is 16. The highest BCUT2D eigenvalue weighted by molar-refractivity contribution is 5.91. The van der Waals surface area contributed by atoms with Crippen LogP contribution in [-0.2, 0) is 47.5 Å². The number of hydrogen-bond acceptors (Lipinski definition) is 12. The van der Waals surface area contributed by atoms with E-state index in [1.807, 2.05) is 0 Å². The zero-order chi connectivity index (χ0) is 49.9. The zero-order valence-electron chi connectivity index (χ0n) is 44.5. The molecule has 1 aromatic heterocycles. The Kier molecular flexibility index (Phi) is 47.0. The maximum Gasteiger partial charge on any atom is 0.305 e. The number of nitrogens with zero attached hydrogens (tertiary/aromatic N) is 1. The van der Waals surface area contributed by atoms with Gasteiger partial charge in [0.15, 0.2) is 0 Å². The normalized spacial score (nSPS) is 12.8. The van der Waals surface area contributed by atoms with Gasteiger partial charge in [0.05, 0.1) is 79.0 Å². The van der Waals surface area contributed by atoms with Gasteiger partial charge in [0.25, 0.3) is 5.91 Å². The average molecular weight is 982 g/mol. The lowest BCUT2D eigenvalue weighted by molar-refractivity contribution is -0.146. The molecule has 0 bridgehead atoms. The van der Waals surface area contributed by atoms with Crippen LogP contribution < -0.4 is 5.32 Å². The molecule has 2 N–H and O–H groups in total. The highest BCUT2D eigenvalue weighted by Crippen LogP contribution is 2.20. The molecule has 1 aromatic rings. The van der Waals surface area contributed by atoms with Crippen molar-refractivity contribution in [1.82, 2.24) is 15.3 Å². The van der Waals surface area contributed by atoms with Crippen LogP contribution in [0.1, 0.15) is 218 Å². The summed E-state index contributed by atoms with van der Waals surface area (Å²) in [5, 5.41) is 2.75. The van der Waals surface area contributed by atoms with Crippen LogP contribution in [0.5, 0.6) is 0 Å². The van der Waals surface area contributed by atoms with Gasteiger partial charge in [-0.15, -0.1) is 0 Å². The lowest BCUT2D eigenvalue weighted by Crippen LogP contribution is -2.28. The molecule has 0 aliphatic rings. The molecule has 14 heteroatoms. The Balaban J connectivity index is 2.28. The summed E-state index contributed by atoms with van der Waals surface area (Å²) < 4.78 is 46.4. The van der Waals surface area contributed by atoms with Crippen LogP contribution >= 0.6 is 0 Å². The second-order valence-corrected chi connectivity index (χ2v) is 18.8. The van der Waals surface area contributed by atoms with E-state index in [0.717, 1.165) is 77.0 Å². The Bertz CT molecular complexity index is 1260. The molecule has 0 radical (unpaired) electrons. The molecule has 1 amide bonds. The van der Waals surface area contributed by atoms with Crippen LogP contribution in [0.4, 0.5) is 0 Å². The summed E-state index contributed by atoms with van der Waals surface area (Å²) in [6, 6.07) is 0. The van der Waals surface area contributed by atoms with Crippen LogP contribution in [0.2, 0.25) is 0 Å². The molecule has 404 valence electrons. The molecule has 0 fully saturated rings. The highest BCUT2D eigenvalue weighted by atomic mass is 16.6. The smallest absolute Gasteiger partial charge is 0.305 e. The number of carbonyl (C=O) groups excluding carboxylic acids is 3. The van der Waals surface area contributed by atoms with E-state index in [9.17, 15) is 14.4 Å². The van der Waals surface area contributed by atoms with E-state index < -0.39 is 0 Å². The lowest BCUT2D eigenvalue weighted by Gasteiger charge is -2.18. The number of imidazole rings is 1. The van der Waals surface area contributed by atoms with Gasteiger partial charge in [0, 0.05) is 38.8 Å². The van der Waals surface area contributed by atoms with Crippen molar-refractivity contribution in [2.75, 3.05) is 92.4 Å². The van der Waals surface area contributed by atoms with Gasteiger partial charge in [-0.2, -0.15) is 0 Å². The molecule has 1 rings (SSSR count). The third-order valence-electron chi connectivity index (χ3n) is 12.4. The van der Waals surface area contributed by atoms with E-state index in [0.29, 0.717) is 123 Å². The maximum absolute atomic E-state index is 12.5. The lowest BCUT2D eigenvalue weighted by atomic mass is 9.96. The molecule has 0 spiro atoms. The molecule has 14 nitrogen and oxygen atoms in total. The number of H-pyrrole nitrogens is 1. The van der Waals surface area contributed by atoms with E-state index in [4.69, 9.17) is 37.9 Å². The van der Waals surface area contributed by atoms with Crippen molar-refractivity contribution in [1.29, 1.82) is 0 Å². The van der Waals surface area contributed by atoms with Crippen molar-refractivity contribution in [2.24, 2.45) is 11.8 Å². The number of esters is 2. The number of amides is 1. The maximum atomic E-state index is 12.5. The SMILES string of the molecule is CCCCCCC(CCCC)COC(=O)CCCCCCCOCC(COCCOCCOCCOCCNC(=O)c1c[nH]cn1)OCCCCCCCC(=O)OCC(CCCC)CCCCCC. The third-order valence-corrected chi connectivity index (χ3v) is 12.4. The largest absolute Gasteiger partial charge is 0.465 e. The Labute approximate surface area is 420 Å². The first kappa shape index (κ1) is 64.4. The highest BCUT2D eigenvalue weighted by Gasteiger charge is 2.15. The molecular weight excluding hydrogens is 879 g/mol. The summed E-state index contributed by atoms with van der Waals surface area (Å²) in [6.07, 6.45) is 33.3. The van der Waals surface area contributed by atoms with Gasteiger partial charge in [-0.05, 0) is 63.2 Å². The number of hydrogen-bond donors (Lipinski definition) is 2. The van der Waals surface area contributed by atoms with Crippen LogP contribution in [0.3, 0.4) is 0 Å². The molecule has 0 aliphatic carbocycles. The molecular formula is C55H103N3O11. The number of aromatic amines is 1. The summed E-state index contributed by atoms with van der Waals surface area (Å²) in [4.78, 5) is 43.5. The van der Waals surface area contributed by atoms with Crippen LogP contribution in [0, 0.1) is 11.8 Å². The molecule has 0 saturated heterocycles. The van der Waals surface area contributed by atoms with E-state index in [1.54, 1.807) is 6.20 Å². The van der Waals surface area contributed by atoms with Crippen LogP contribution in [-0.4, -0.2) is 126 Å². The summed E-state index contributed by atoms with van der Waals surface area (Å²) >= 11 is 0. The summed E-state index contributed by atoms with van der Waals surface area (Å²) in [5.41, 5.74) is 0.349. The van der Waals surface area contributed by atoms with Gasteiger partial charge < -0.3 is 48.2 Å². The topological polar surface area (TPSA) is 166 Å². The van der Waals surface area contributed by atoms with E-state index in [1.165, 1.54) is 96.2 Å². The Morgan fingerprint density at radius 3 is 1.42 bits per heavy atom. The van der Waals surface area contributed by atoms with Crippen molar-refractivity contribution in [3.63, 3.8) is 0 Å². The molecule has 3 unspecified atom stereocenters. The predicted octanol–water partition coefficient (Wildman–Crippen LogP) is 11.9. The van der Waals surface area contributed by atoms with Gasteiger partial charge in [0.1, 0.15) is 11.8 Å². The minimum atomic E-state index is -0.239. The van der Waals surface area contributed by atoms with E-state index >= 15 is 0 Å². The Morgan fingerprint density at radius 2 is 0.913 bits per heavy atom. The van der Waals surface area contributed by atoms with E-state index in [2.05, 4.69) is 43.0 Å². The van der Waals surface area contributed by atoms with Gasteiger partial charge in [0.2, 0.25) is 0 Å². The zero-order valence-corrected chi connectivity index (χ0v) is 44.5. The monoisotopic (exact) mass is 982 g/mol. The summed E-state index contributed by atoms with van der Waals surface area (Å²) in [5.74, 6) is 0.667. The van der Waals surface area contributed by atoms with Gasteiger partial charge >= 0.3 is 11.9 Å². The first-order valence-electron chi connectivity index (χ1n) is 28.0. The summed E-state index contributed by atoms with van der Waals surface area (Å²) in [6.45, 7) is 15.7. The first-order valence-corrected chi connectivity index (χ1v) is 28.0. The van der Waals surface area contributed by atoms with Gasteiger partial charge in [-0.25, -0.2) is 4.98 Å². The predicted molar refractivity (Wildman–Crippen MR) is 276 cm³/mol. The van der Waals surface area contributed by atoms with Crippen molar-refractivity contribution in [3.05, 3.63) is 18.2 Å². The van der Waals surface area contributed by atoms with Gasteiger partial charge in [-0.3, -0.25) is 14.4 Å². The number of rotatable bonds is 54. The molecule has 1 heterocycles. The fourth-order valence-corrected chi connectivity index (χ4v) is 7.99. The fourth-order valence-electron chi connectivity index (χ4n) is 7.99. The molecule has 0 aromatic carbocycles. The number of carbonyl (C=O) groups is 3. The minimum absolute atomic E-state index is 0.0463. The fraction of sp³-hybridized carbons (Fsp3) is 0.891. The van der Waals surface area contributed by atoms with Crippen molar-refractivity contribution >= 4 is 17.8 Å². The van der Waals surface area contributed by atoms with Gasteiger partial charge in [-0.1, -0.05) is 143 Å². The second-order valence-electron chi connectivity index (χ2n) is 18.8. The number of aromatic nitrogens is 2.